The van der Waals surface area contributed by atoms with E-state index in [1.165, 1.54) is 16.8 Å². The minimum Gasteiger partial charge on any atom is -1.00 e. The van der Waals surface area contributed by atoms with Crippen molar-refractivity contribution >= 4 is 17.3 Å². The Labute approximate surface area is 191 Å². The van der Waals surface area contributed by atoms with Gasteiger partial charge in [-0.1, -0.05) is 12.1 Å². The van der Waals surface area contributed by atoms with Crippen molar-refractivity contribution in [2.75, 3.05) is 56.2 Å². The summed E-state index contributed by atoms with van der Waals surface area (Å²) in [6.45, 7) is 13.2. The van der Waals surface area contributed by atoms with Gasteiger partial charge in [-0.05, 0) is 57.0 Å². The number of amides is 1. The summed E-state index contributed by atoms with van der Waals surface area (Å²) in [4.78, 5) is 17.3. The summed E-state index contributed by atoms with van der Waals surface area (Å²) in [6.07, 6.45) is 0. The van der Waals surface area contributed by atoms with Gasteiger partial charge in [-0.15, -0.1) is 0 Å². The first kappa shape index (κ1) is 24.8. The van der Waals surface area contributed by atoms with Crippen LogP contribution in [0.25, 0.3) is 0 Å². The summed E-state index contributed by atoms with van der Waals surface area (Å²) in [5, 5.41) is 3.00. The summed E-state index contributed by atoms with van der Waals surface area (Å²) in [5.41, 5.74) is 4.60. The van der Waals surface area contributed by atoms with Crippen molar-refractivity contribution < 1.29 is 26.7 Å². The van der Waals surface area contributed by atoms with Crippen molar-refractivity contribution in [3.8, 4) is 11.5 Å². The first-order valence-corrected chi connectivity index (χ1v) is 10.7. The summed E-state index contributed by atoms with van der Waals surface area (Å²) in [7, 11) is 0. The largest absolute Gasteiger partial charge is 1.00 e. The fourth-order valence-corrected chi connectivity index (χ4v) is 3.76. The molecule has 1 heterocycles. The monoisotopic (exact) mass is 446 g/mol. The maximum atomic E-state index is 12.7. The molecule has 1 saturated heterocycles. The third-order valence-electron chi connectivity index (χ3n) is 5.49. The van der Waals surface area contributed by atoms with Gasteiger partial charge in [0.15, 0.2) is 0 Å². The van der Waals surface area contributed by atoms with Crippen LogP contribution in [-0.4, -0.2) is 56.7 Å². The zero-order valence-electron chi connectivity index (χ0n) is 18.9. The molecule has 31 heavy (non-hydrogen) atoms. The van der Waals surface area contributed by atoms with Crippen molar-refractivity contribution in [1.29, 1.82) is 0 Å². The van der Waals surface area contributed by atoms with Crippen LogP contribution in [0.1, 0.15) is 25.0 Å². The van der Waals surface area contributed by atoms with E-state index in [1.807, 2.05) is 32.0 Å². The minimum absolute atomic E-state index is 0. The van der Waals surface area contributed by atoms with Crippen LogP contribution < -0.4 is 32.1 Å². The molecule has 0 bridgehead atoms. The van der Waals surface area contributed by atoms with Crippen LogP contribution in [-0.2, 0) is 4.79 Å². The van der Waals surface area contributed by atoms with Crippen molar-refractivity contribution in [2.24, 2.45) is 0 Å². The Balaban J connectivity index is 0.00000341. The van der Waals surface area contributed by atoms with Crippen LogP contribution in [0, 0.1) is 13.8 Å². The lowest BCUT2D eigenvalue weighted by Crippen LogP contribution is -3.00. The van der Waals surface area contributed by atoms with Gasteiger partial charge >= 0.3 is 0 Å². The highest BCUT2D eigenvalue weighted by atomic mass is 35.5. The molecule has 0 aromatic heterocycles. The Morgan fingerprint density at radius 1 is 1.00 bits per heavy atom. The topological polar surface area (TPSA) is 54.0 Å². The number of ether oxygens (including phenoxy) is 2. The molecular formula is C24H33ClN3O3-. The standard InChI is InChI=1S/C24H33N3O3.ClH/c1-5-29-20-10-11-23(30-6-2)21(16-20)25-24(28)17-26-12-14-27(15-13-26)22-9-7-8-18(3)19(22)4;/h7-11,16H,5-6,12-15,17H2,1-4H3,(H,25,28);1H/p-1. The zero-order chi connectivity index (χ0) is 21.5. The van der Waals surface area contributed by atoms with Gasteiger partial charge < -0.3 is 32.1 Å². The van der Waals surface area contributed by atoms with Crippen LogP contribution in [0.2, 0.25) is 0 Å². The van der Waals surface area contributed by atoms with Gasteiger partial charge in [-0.3, -0.25) is 9.69 Å². The van der Waals surface area contributed by atoms with Gasteiger partial charge in [0.2, 0.25) is 5.91 Å². The Bertz CT molecular complexity index is 867. The lowest BCUT2D eigenvalue weighted by atomic mass is 10.1. The molecule has 1 aliphatic rings. The number of nitrogens with zero attached hydrogens (tertiary/aromatic N) is 2. The van der Waals surface area contributed by atoms with E-state index in [1.54, 1.807) is 0 Å². The number of halogens is 1. The van der Waals surface area contributed by atoms with Crippen molar-refractivity contribution in [3.05, 3.63) is 47.5 Å². The Morgan fingerprint density at radius 3 is 2.39 bits per heavy atom. The van der Waals surface area contributed by atoms with Crippen LogP contribution in [0.4, 0.5) is 11.4 Å². The lowest BCUT2D eigenvalue weighted by molar-refractivity contribution is -0.117. The maximum Gasteiger partial charge on any atom is 0.238 e. The first-order valence-electron chi connectivity index (χ1n) is 10.7. The highest BCUT2D eigenvalue weighted by molar-refractivity contribution is 5.94. The summed E-state index contributed by atoms with van der Waals surface area (Å²) in [6, 6.07) is 12.0. The Kier molecular flexibility index (Phi) is 9.46. The van der Waals surface area contributed by atoms with E-state index in [9.17, 15) is 4.79 Å². The molecular weight excluding hydrogens is 414 g/mol. The number of piperazine rings is 1. The van der Waals surface area contributed by atoms with Gasteiger partial charge in [0.05, 0.1) is 25.4 Å². The highest BCUT2D eigenvalue weighted by Gasteiger charge is 2.21. The van der Waals surface area contributed by atoms with Crippen LogP contribution in [0.3, 0.4) is 0 Å². The lowest BCUT2D eigenvalue weighted by Gasteiger charge is -2.36. The Hall–Kier alpha value is -2.44. The van der Waals surface area contributed by atoms with Crippen LogP contribution in [0.5, 0.6) is 11.5 Å². The van der Waals surface area contributed by atoms with E-state index in [0.29, 0.717) is 31.2 Å². The molecule has 1 amide bonds. The van der Waals surface area contributed by atoms with Gasteiger partial charge in [0.25, 0.3) is 0 Å². The van der Waals surface area contributed by atoms with Gasteiger partial charge in [0.1, 0.15) is 11.5 Å². The zero-order valence-corrected chi connectivity index (χ0v) is 19.7. The minimum atomic E-state index is -0.0372. The number of anilines is 2. The van der Waals surface area contributed by atoms with E-state index < -0.39 is 0 Å². The second-order valence-corrected chi connectivity index (χ2v) is 7.55. The molecule has 2 aromatic rings. The van der Waals surface area contributed by atoms with E-state index in [-0.39, 0.29) is 18.3 Å². The average molecular weight is 447 g/mol. The van der Waals surface area contributed by atoms with Gasteiger partial charge in [-0.2, -0.15) is 0 Å². The molecule has 6 nitrogen and oxygen atoms in total. The molecule has 2 aromatic carbocycles. The number of hydrogen-bond acceptors (Lipinski definition) is 5. The summed E-state index contributed by atoms with van der Waals surface area (Å²) in [5.74, 6) is 1.34. The van der Waals surface area contributed by atoms with E-state index in [2.05, 4.69) is 47.2 Å². The fourth-order valence-electron chi connectivity index (χ4n) is 3.76. The molecule has 7 heteroatoms. The third-order valence-corrected chi connectivity index (χ3v) is 5.49. The number of rotatable bonds is 8. The first-order chi connectivity index (χ1) is 14.5. The second kappa shape index (κ2) is 11.8. The fraction of sp³-hybridized carbons (Fsp3) is 0.458. The normalized spacial score (nSPS) is 14.0. The number of carbonyl (C=O) groups is 1. The summed E-state index contributed by atoms with van der Waals surface area (Å²) >= 11 is 0. The Morgan fingerprint density at radius 2 is 1.71 bits per heavy atom. The van der Waals surface area contributed by atoms with Crippen molar-refractivity contribution in [2.45, 2.75) is 27.7 Å². The summed E-state index contributed by atoms with van der Waals surface area (Å²) < 4.78 is 11.2. The number of benzene rings is 2. The van der Waals surface area contributed by atoms with E-state index in [0.717, 1.165) is 31.9 Å². The number of hydrogen-bond donors (Lipinski definition) is 1. The molecule has 1 aliphatic heterocycles. The quantitative estimate of drug-likeness (QED) is 0.652. The molecule has 0 radical (unpaired) electrons. The average Bonchev–Trinajstić information content (AvgIpc) is 2.73. The molecule has 1 fully saturated rings. The van der Waals surface area contributed by atoms with Gasteiger partial charge in [-0.25, -0.2) is 0 Å². The van der Waals surface area contributed by atoms with E-state index in [4.69, 9.17) is 9.47 Å². The number of nitrogens with one attached hydrogen (secondary N) is 1. The predicted molar refractivity (Wildman–Crippen MR) is 122 cm³/mol. The molecule has 1 N–H and O–H groups in total. The molecule has 0 unspecified atom stereocenters. The van der Waals surface area contributed by atoms with Crippen LogP contribution in [0.15, 0.2) is 36.4 Å². The molecule has 0 atom stereocenters. The highest BCUT2D eigenvalue weighted by Crippen LogP contribution is 2.29. The SMILES string of the molecule is CCOc1ccc(OCC)c(NC(=O)CN2CCN(c3cccc(C)c3C)CC2)c1.[Cl-]. The number of aryl methyl sites for hydroxylation is 1. The third kappa shape index (κ3) is 6.52. The second-order valence-electron chi connectivity index (χ2n) is 7.55. The maximum absolute atomic E-state index is 12.7. The van der Waals surface area contributed by atoms with E-state index >= 15 is 0 Å². The van der Waals surface area contributed by atoms with Crippen molar-refractivity contribution in [1.82, 2.24) is 4.90 Å². The van der Waals surface area contributed by atoms with Gasteiger partial charge in [0, 0.05) is 37.9 Å². The molecule has 3 rings (SSSR count). The molecule has 0 aliphatic carbocycles. The smallest absolute Gasteiger partial charge is 0.238 e. The molecule has 0 spiro atoms. The molecule has 0 saturated carbocycles. The van der Waals surface area contributed by atoms with Crippen molar-refractivity contribution in [3.63, 3.8) is 0 Å². The number of carbonyl (C=O) groups excluding carboxylic acids is 1. The predicted octanol–water partition coefficient (Wildman–Crippen LogP) is 0.866. The van der Waals surface area contributed by atoms with Crippen LogP contribution >= 0.6 is 0 Å². The molecule has 170 valence electrons.